The molecule has 0 spiro atoms. The molecule has 0 unspecified atom stereocenters. The van der Waals surface area contributed by atoms with Crippen LogP contribution in [-0.4, -0.2) is 41.1 Å². The van der Waals surface area contributed by atoms with Crippen molar-refractivity contribution >= 4 is 23.6 Å². The molecule has 0 saturated carbocycles. The third-order valence-electron chi connectivity index (χ3n) is 2.75. The van der Waals surface area contributed by atoms with E-state index < -0.39 is 18.1 Å². The van der Waals surface area contributed by atoms with Crippen molar-refractivity contribution in [3.05, 3.63) is 0 Å². The number of carboxylic acids is 1. The van der Waals surface area contributed by atoms with E-state index in [0.29, 0.717) is 12.8 Å². The van der Waals surface area contributed by atoms with E-state index in [0.717, 1.165) is 5.75 Å². The lowest BCUT2D eigenvalue weighted by Crippen LogP contribution is -2.51. The Morgan fingerprint density at radius 3 is 2.47 bits per heavy atom. The summed E-state index contributed by atoms with van der Waals surface area (Å²) in [6.07, 6.45) is 3.18. The Labute approximate surface area is 107 Å². The van der Waals surface area contributed by atoms with E-state index in [4.69, 9.17) is 10.8 Å². The summed E-state index contributed by atoms with van der Waals surface area (Å²) in [6, 6.07) is -1.49. The van der Waals surface area contributed by atoms with Crippen molar-refractivity contribution in [2.24, 2.45) is 11.7 Å². The Kier molecular flexibility index (Phi) is 7.99. The van der Waals surface area contributed by atoms with Gasteiger partial charge in [0.05, 0.1) is 6.04 Å². The lowest BCUT2D eigenvalue weighted by atomic mass is 9.99. The highest BCUT2D eigenvalue weighted by Crippen LogP contribution is 2.08. The van der Waals surface area contributed by atoms with Gasteiger partial charge < -0.3 is 16.2 Å². The van der Waals surface area contributed by atoms with Crippen molar-refractivity contribution in [3.8, 4) is 0 Å². The molecule has 3 atom stereocenters. The zero-order valence-electron chi connectivity index (χ0n) is 10.6. The molecule has 1 amide bonds. The molecular formula is C11H22N2O3S. The van der Waals surface area contributed by atoms with Crippen LogP contribution >= 0.6 is 11.8 Å². The lowest BCUT2D eigenvalue weighted by molar-refractivity contribution is -0.143. The third kappa shape index (κ3) is 5.93. The summed E-state index contributed by atoms with van der Waals surface area (Å²) in [5.41, 5.74) is 5.68. The van der Waals surface area contributed by atoms with Crippen LogP contribution in [0.1, 0.15) is 26.7 Å². The molecule has 0 radical (unpaired) electrons. The average Bonchev–Trinajstić information content (AvgIpc) is 2.31. The maximum atomic E-state index is 11.7. The maximum absolute atomic E-state index is 11.7. The SMILES string of the molecule is CC[C@H](C)[C@@H](NC(=O)[C@@H](N)CCSC)C(=O)O. The van der Waals surface area contributed by atoms with Crippen molar-refractivity contribution in [2.75, 3.05) is 12.0 Å². The summed E-state index contributed by atoms with van der Waals surface area (Å²) in [6.45, 7) is 3.69. The summed E-state index contributed by atoms with van der Waals surface area (Å²) < 4.78 is 0. The largest absolute Gasteiger partial charge is 0.480 e. The summed E-state index contributed by atoms with van der Waals surface area (Å²) in [4.78, 5) is 22.7. The standard InChI is InChI=1S/C11H22N2O3S/c1-4-7(2)9(11(15)16)13-10(14)8(12)5-6-17-3/h7-9H,4-6,12H2,1-3H3,(H,13,14)(H,15,16)/t7-,8-,9+/m0/s1. The van der Waals surface area contributed by atoms with Gasteiger partial charge in [-0.3, -0.25) is 4.79 Å². The van der Waals surface area contributed by atoms with Crippen molar-refractivity contribution in [3.63, 3.8) is 0 Å². The molecule has 0 aromatic carbocycles. The monoisotopic (exact) mass is 262 g/mol. The zero-order chi connectivity index (χ0) is 13.4. The van der Waals surface area contributed by atoms with Crippen molar-refractivity contribution < 1.29 is 14.7 Å². The molecule has 100 valence electrons. The number of nitrogens with one attached hydrogen (secondary N) is 1. The number of nitrogens with two attached hydrogens (primary N) is 1. The van der Waals surface area contributed by atoms with Crippen molar-refractivity contribution in [2.45, 2.75) is 38.8 Å². The first kappa shape index (κ1) is 16.2. The first-order valence-corrected chi connectivity index (χ1v) is 7.11. The minimum atomic E-state index is -1.01. The maximum Gasteiger partial charge on any atom is 0.326 e. The first-order chi connectivity index (χ1) is 7.93. The van der Waals surface area contributed by atoms with Gasteiger partial charge in [0.15, 0.2) is 0 Å². The highest BCUT2D eigenvalue weighted by molar-refractivity contribution is 7.98. The van der Waals surface area contributed by atoms with E-state index in [2.05, 4.69) is 5.32 Å². The Hall–Kier alpha value is -0.750. The summed E-state index contributed by atoms with van der Waals surface area (Å²) in [5, 5.41) is 11.5. The van der Waals surface area contributed by atoms with Gasteiger partial charge in [-0.25, -0.2) is 4.79 Å². The number of carboxylic acid groups (broad SMARTS) is 1. The number of hydrogen-bond donors (Lipinski definition) is 3. The molecular weight excluding hydrogens is 240 g/mol. The lowest BCUT2D eigenvalue weighted by Gasteiger charge is -2.22. The van der Waals surface area contributed by atoms with Gasteiger partial charge in [0.25, 0.3) is 0 Å². The molecule has 0 aliphatic rings. The molecule has 0 aliphatic carbocycles. The molecule has 0 aromatic heterocycles. The number of carbonyl (C=O) groups is 2. The molecule has 0 bridgehead atoms. The molecule has 6 heteroatoms. The van der Waals surface area contributed by atoms with Gasteiger partial charge >= 0.3 is 5.97 Å². The van der Waals surface area contributed by atoms with Gasteiger partial charge in [-0.2, -0.15) is 11.8 Å². The summed E-state index contributed by atoms with van der Waals surface area (Å²) in [7, 11) is 0. The van der Waals surface area contributed by atoms with Crippen LogP contribution in [0, 0.1) is 5.92 Å². The smallest absolute Gasteiger partial charge is 0.326 e. The fourth-order valence-electron chi connectivity index (χ4n) is 1.32. The molecule has 5 nitrogen and oxygen atoms in total. The fraction of sp³-hybridized carbons (Fsp3) is 0.818. The van der Waals surface area contributed by atoms with Crippen LogP contribution in [0.25, 0.3) is 0 Å². The molecule has 0 aliphatic heterocycles. The predicted molar refractivity (Wildman–Crippen MR) is 70.0 cm³/mol. The van der Waals surface area contributed by atoms with Crippen LogP contribution in [0.2, 0.25) is 0 Å². The van der Waals surface area contributed by atoms with E-state index >= 15 is 0 Å². The predicted octanol–water partition coefficient (Wildman–Crippen LogP) is 0.682. The fourth-order valence-corrected chi connectivity index (χ4v) is 1.81. The number of rotatable bonds is 8. The molecule has 0 aromatic rings. The number of thioether (sulfide) groups is 1. The highest BCUT2D eigenvalue weighted by atomic mass is 32.2. The van der Waals surface area contributed by atoms with Gasteiger partial charge in [-0.05, 0) is 24.3 Å². The van der Waals surface area contributed by atoms with Crippen LogP contribution in [-0.2, 0) is 9.59 Å². The summed E-state index contributed by atoms with van der Waals surface area (Å²) in [5.74, 6) is -0.712. The topological polar surface area (TPSA) is 92.4 Å². The molecule has 0 fully saturated rings. The number of amides is 1. The van der Waals surface area contributed by atoms with E-state index in [1.54, 1.807) is 18.7 Å². The Morgan fingerprint density at radius 1 is 1.47 bits per heavy atom. The Morgan fingerprint density at radius 2 is 2.06 bits per heavy atom. The van der Waals surface area contributed by atoms with E-state index in [1.807, 2.05) is 13.2 Å². The number of hydrogen-bond acceptors (Lipinski definition) is 4. The molecule has 17 heavy (non-hydrogen) atoms. The third-order valence-corrected chi connectivity index (χ3v) is 3.39. The van der Waals surface area contributed by atoms with Crippen LogP contribution in [0.4, 0.5) is 0 Å². The van der Waals surface area contributed by atoms with Gasteiger partial charge in [0.1, 0.15) is 6.04 Å². The minimum Gasteiger partial charge on any atom is -0.480 e. The van der Waals surface area contributed by atoms with Crippen LogP contribution in [0.5, 0.6) is 0 Å². The van der Waals surface area contributed by atoms with Gasteiger partial charge in [0.2, 0.25) is 5.91 Å². The van der Waals surface area contributed by atoms with Crippen molar-refractivity contribution in [1.82, 2.24) is 5.32 Å². The average molecular weight is 262 g/mol. The van der Waals surface area contributed by atoms with E-state index in [9.17, 15) is 9.59 Å². The van der Waals surface area contributed by atoms with Crippen LogP contribution in [0.15, 0.2) is 0 Å². The minimum absolute atomic E-state index is 0.107. The van der Waals surface area contributed by atoms with E-state index in [1.165, 1.54) is 0 Å². The summed E-state index contributed by atoms with van der Waals surface area (Å²) >= 11 is 1.61. The second-order valence-corrected chi connectivity index (χ2v) is 5.08. The molecule has 4 N–H and O–H groups in total. The van der Waals surface area contributed by atoms with Gasteiger partial charge in [-0.1, -0.05) is 20.3 Å². The quantitative estimate of drug-likeness (QED) is 0.598. The highest BCUT2D eigenvalue weighted by Gasteiger charge is 2.27. The second-order valence-electron chi connectivity index (χ2n) is 4.10. The normalized spacial score (nSPS) is 16.0. The molecule has 0 heterocycles. The van der Waals surface area contributed by atoms with Gasteiger partial charge in [-0.15, -0.1) is 0 Å². The zero-order valence-corrected chi connectivity index (χ0v) is 11.4. The van der Waals surface area contributed by atoms with Gasteiger partial charge in [0, 0.05) is 0 Å². The number of carbonyl (C=O) groups excluding carboxylic acids is 1. The van der Waals surface area contributed by atoms with E-state index in [-0.39, 0.29) is 11.8 Å². The molecule has 0 rings (SSSR count). The van der Waals surface area contributed by atoms with Crippen LogP contribution in [0.3, 0.4) is 0 Å². The van der Waals surface area contributed by atoms with Crippen LogP contribution < -0.4 is 11.1 Å². The second kappa shape index (κ2) is 8.36. The Bertz CT molecular complexity index is 261. The Balaban J connectivity index is 4.35. The first-order valence-electron chi connectivity index (χ1n) is 5.71. The number of aliphatic carboxylic acids is 1. The molecule has 0 saturated heterocycles. The van der Waals surface area contributed by atoms with Crippen molar-refractivity contribution in [1.29, 1.82) is 0 Å².